The fraction of sp³-hybridized carbons (Fsp3) is 0.350. The van der Waals surface area contributed by atoms with Gasteiger partial charge in [-0.25, -0.2) is 9.38 Å². The summed E-state index contributed by atoms with van der Waals surface area (Å²) in [6.07, 6.45) is 0. The van der Waals surface area contributed by atoms with Gasteiger partial charge in [0.2, 0.25) is 0 Å². The van der Waals surface area contributed by atoms with Crippen LogP contribution < -0.4 is 10.6 Å². The summed E-state index contributed by atoms with van der Waals surface area (Å²) in [4.78, 5) is 6.67. The van der Waals surface area contributed by atoms with E-state index in [0.29, 0.717) is 13.1 Å². The van der Waals surface area contributed by atoms with Crippen LogP contribution in [0.15, 0.2) is 53.5 Å². The molecule has 0 unspecified atom stereocenters. The zero-order chi connectivity index (χ0) is 18.1. The van der Waals surface area contributed by atoms with Gasteiger partial charge in [0, 0.05) is 19.6 Å². The van der Waals surface area contributed by atoms with Gasteiger partial charge >= 0.3 is 0 Å². The van der Waals surface area contributed by atoms with Gasteiger partial charge in [-0.3, -0.25) is 0 Å². The lowest BCUT2D eigenvalue weighted by molar-refractivity contribution is 0.402. The quantitative estimate of drug-likeness (QED) is 0.600. The highest BCUT2D eigenvalue weighted by molar-refractivity contribution is 5.79. The molecule has 0 aliphatic carbocycles. The Balaban J connectivity index is 1.93. The third-order valence-corrected chi connectivity index (χ3v) is 3.63. The second-order valence-corrected chi connectivity index (χ2v) is 6.23. The number of nitrogens with zero attached hydrogens (tertiary/aromatic N) is 2. The second kappa shape index (κ2) is 9.79. The molecular formula is C20H27FN4. The van der Waals surface area contributed by atoms with Gasteiger partial charge in [-0.2, -0.15) is 0 Å². The molecule has 0 saturated heterocycles. The lowest BCUT2D eigenvalue weighted by atomic mass is 10.1. The van der Waals surface area contributed by atoms with Gasteiger partial charge < -0.3 is 15.5 Å². The summed E-state index contributed by atoms with van der Waals surface area (Å²) >= 11 is 0. The highest BCUT2D eigenvalue weighted by Crippen LogP contribution is 2.07. The largest absolute Gasteiger partial charge is 0.357 e. The molecule has 0 aromatic heterocycles. The number of benzene rings is 2. The van der Waals surface area contributed by atoms with Crippen LogP contribution in [-0.4, -0.2) is 31.5 Å². The van der Waals surface area contributed by atoms with Crippen LogP contribution in [0.4, 0.5) is 4.39 Å². The van der Waals surface area contributed by atoms with Crippen LogP contribution in [0.5, 0.6) is 0 Å². The fourth-order valence-electron chi connectivity index (χ4n) is 2.46. The number of halogens is 1. The van der Waals surface area contributed by atoms with Crippen molar-refractivity contribution in [3.8, 4) is 0 Å². The van der Waals surface area contributed by atoms with E-state index >= 15 is 0 Å². The van der Waals surface area contributed by atoms with Crippen molar-refractivity contribution in [1.29, 1.82) is 0 Å². The molecule has 5 heteroatoms. The highest BCUT2D eigenvalue weighted by atomic mass is 19.1. The normalized spacial score (nSPS) is 11.6. The molecule has 2 aromatic carbocycles. The van der Waals surface area contributed by atoms with Crippen molar-refractivity contribution in [2.75, 3.05) is 20.6 Å². The lowest BCUT2D eigenvalue weighted by Crippen LogP contribution is -2.36. The molecule has 0 aliphatic heterocycles. The predicted molar refractivity (Wildman–Crippen MR) is 102 cm³/mol. The number of nitrogens with one attached hydrogen (secondary N) is 2. The maximum Gasteiger partial charge on any atom is 0.191 e. The molecule has 134 valence electrons. The van der Waals surface area contributed by atoms with Gasteiger partial charge in [-0.1, -0.05) is 36.4 Å². The number of aliphatic imine (C=N–C) groups is 1. The van der Waals surface area contributed by atoms with Gasteiger partial charge in [0.25, 0.3) is 0 Å². The highest BCUT2D eigenvalue weighted by Gasteiger charge is 2.01. The summed E-state index contributed by atoms with van der Waals surface area (Å²) in [6.45, 7) is 4.86. The van der Waals surface area contributed by atoms with Gasteiger partial charge in [0.05, 0.1) is 6.54 Å². The van der Waals surface area contributed by atoms with Crippen molar-refractivity contribution in [2.24, 2.45) is 4.99 Å². The minimum absolute atomic E-state index is 0.233. The molecule has 0 amide bonds. The van der Waals surface area contributed by atoms with Crippen molar-refractivity contribution >= 4 is 5.96 Å². The Morgan fingerprint density at radius 1 is 1.00 bits per heavy atom. The van der Waals surface area contributed by atoms with E-state index < -0.39 is 0 Å². The second-order valence-electron chi connectivity index (χ2n) is 6.23. The first kappa shape index (κ1) is 18.9. The van der Waals surface area contributed by atoms with E-state index in [4.69, 9.17) is 0 Å². The number of hydrogen-bond acceptors (Lipinski definition) is 2. The number of guanidine groups is 1. The summed E-state index contributed by atoms with van der Waals surface area (Å²) in [6, 6.07) is 15.1. The van der Waals surface area contributed by atoms with Crippen LogP contribution in [0, 0.1) is 5.82 Å². The van der Waals surface area contributed by atoms with E-state index in [0.717, 1.165) is 24.6 Å². The molecule has 2 aromatic rings. The molecule has 0 aliphatic rings. The average Bonchev–Trinajstić information content (AvgIpc) is 2.58. The van der Waals surface area contributed by atoms with Crippen LogP contribution >= 0.6 is 0 Å². The molecule has 0 spiro atoms. The number of hydrogen-bond donors (Lipinski definition) is 2. The van der Waals surface area contributed by atoms with Gasteiger partial charge in [0.15, 0.2) is 5.96 Å². The van der Waals surface area contributed by atoms with Gasteiger partial charge in [0.1, 0.15) is 5.82 Å². The Hall–Kier alpha value is -2.40. The van der Waals surface area contributed by atoms with Crippen LogP contribution in [0.3, 0.4) is 0 Å². The van der Waals surface area contributed by atoms with E-state index in [1.807, 2.05) is 13.0 Å². The third-order valence-electron chi connectivity index (χ3n) is 3.63. The van der Waals surface area contributed by atoms with Crippen molar-refractivity contribution in [2.45, 2.75) is 26.6 Å². The Labute approximate surface area is 149 Å². The molecule has 0 saturated carbocycles. The molecule has 0 heterocycles. The zero-order valence-corrected chi connectivity index (χ0v) is 15.2. The summed E-state index contributed by atoms with van der Waals surface area (Å²) in [5.74, 6) is 0.493. The first-order valence-electron chi connectivity index (χ1n) is 8.56. The Morgan fingerprint density at radius 3 is 2.36 bits per heavy atom. The smallest absolute Gasteiger partial charge is 0.191 e. The topological polar surface area (TPSA) is 39.7 Å². The maximum absolute atomic E-state index is 13.2. The van der Waals surface area contributed by atoms with Crippen LogP contribution in [0.1, 0.15) is 23.6 Å². The monoisotopic (exact) mass is 342 g/mol. The molecule has 4 nitrogen and oxygen atoms in total. The van der Waals surface area contributed by atoms with Crippen molar-refractivity contribution < 1.29 is 4.39 Å². The predicted octanol–water partition coefficient (Wildman–Crippen LogP) is 3.14. The summed E-state index contributed by atoms with van der Waals surface area (Å²) in [5, 5.41) is 6.53. The molecule has 2 rings (SSSR count). The van der Waals surface area contributed by atoms with E-state index in [-0.39, 0.29) is 5.82 Å². The minimum Gasteiger partial charge on any atom is -0.357 e. The summed E-state index contributed by atoms with van der Waals surface area (Å²) in [5.41, 5.74) is 3.34. The molecule has 0 atom stereocenters. The molecule has 0 bridgehead atoms. The van der Waals surface area contributed by atoms with Crippen molar-refractivity contribution in [3.05, 3.63) is 71.0 Å². The fourth-order valence-corrected chi connectivity index (χ4v) is 2.46. The van der Waals surface area contributed by atoms with E-state index in [9.17, 15) is 4.39 Å². The summed E-state index contributed by atoms with van der Waals surface area (Å²) < 4.78 is 13.2. The lowest BCUT2D eigenvalue weighted by Gasteiger charge is -2.13. The molecule has 0 radical (unpaired) electrons. The Kier molecular flexibility index (Phi) is 7.41. The Morgan fingerprint density at radius 2 is 1.72 bits per heavy atom. The first-order chi connectivity index (χ1) is 12.1. The van der Waals surface area contributed by atoms with Gasteiger partial charge in [-0.05, 0) is 49.8 Å². The molecule has 2 N–H and O–H groups in total. The SMILES string of the molecule is CCNC(=NCc1cccc(F)c1)NCc1ccc(CN(C)C)cc1. The van der Waals surface area contributed by atoms with Crippen LogP contribution in [-0.2, 0) is 19.6 Å². The Bertz CT molecular complexity index is 680. The van der Waals surface area contributed by atoms with Crippen molar-refractivity contribution in [1.82, 2.24) is 15.5 Å². The van der Waals surface area contributed by atoms with Crippen molar-refractivity contribution in [3.63, 3.8) is 0 Å². The standard InChI is InChI=1S/C20H27FN4/c1-4-22-20(24-14-18-6-5-7-19(21)12-18)23-13-16-8-10-17(11-9-16)15-25(2)3/h5-12H,4,13-15H2,1-3H3,(H2,22,23,24). The summed E-state index contributed by atoms with van der Waals surface area (Å²) in [7, 11) is 4.13. The maximum atomic E-state index is 13.2. The number of rotatable bonds is 7. The zero-order valence-electron chi connectivity index (χ0n) is 15.2. The van der Waals surface area contributed by atoms with E-state index in [2.05, 4.69) is 58.9 Å². The van der Waals surface area contributed by atoms with E-state index in [1.165, 1.54) is 23.3 Å². The van der Waals surface area contributed by atoms with Gasteiger partial charge in [-0.15, -0.1) is 0 Å². The third kappa shape index (κ3) is 6.93. The minimum atomic E-state index is -0.233. The average molecular weight is 342 g/mol. The first-order valence-corrected chi connectivity index (χ1v) is 8.56. The van der Waals surface area contributed by atoms with E-state index in [1.54, 1.807) is 6.07 Å². The van der Waals surface area contributed by atoms with Crippen LogP contribution in [0.25, 0.3) is 0 Å². The van der Waals surface area contributed by atoms with Crippen LogP contribution in [0.2, 0.25) is 0 Å². The molecule has 0 fully saturated rings. The molecular weight excluding hydrogens is 315 g/mol. The molecule has 25 heavy (non-hydrogen) atoms.